The van der Waals surface area contributed by atoms with Crippen LogP contribution in [0.25, 0.3) is 0 Å². The topological polar surface area (TPSA) is 20.3 Å². The molecule has 0 aliphatic heterocycles. The van der Waals surface area contributed by atoms with Crippen LogP contribution in [0.15, 0.2) is 54.6 Å². The van der Waals surface area contributed by atoms with E-state index in [-0.39, 0.29) is 17.8 Å². The number of hydrogen-bond donors (Lipinski definition) is 0. The van der Waals surface area contributed by atoms with Crippen LogP contribution in [0.1, 0.15) is 29.5 Å². The standard InChI is InChI=1S/C17H17ClFNO/c1-12(14-10-6-7-11-15(14)19)20(2)17(21)16(18)13-8-4-3-5-9-13/h3-12,16H,1-2H3. The number of benzene rings is 2. The number of hydrogen-bond acceptors (Lipinski definition) is 1. The van der Waals surface area contributed by atoms with Crippen LogP contribution in [0.2, 0.25) is 0 Å². The summed E-state index contributed by atoms with van der Waals surface area (Å²) in [5, 5.41) is -0.773. The van der Waals surface area contributed by atoms with E-state index < -0.39 is 5.38 Å². The van der Waals surface area contributed by atoms with Gasteiger partial charge in [0.1, 0.15) is 11.2 Å². The fraction of sp³-hybridized carbons (Fsp3) is 0.235. The lowest BCUT2D eigenvalue weighted by Crippen LogP contribution is -2.32. The number of halogens is 2. The van der Waals surface area contributed by atoms with E-state index in [0.29, 0.717) is 5.56 Å². The maximum Gasteiger partial charge on any atom is 0.245 e. The molecule has 110 valence electrons. The largest absolute Gasteiger partial charge is 0.337 e. The van der Waals surface area contributed by atoms with Crippen LogP contribution >= 0.6 is 11.6 Å². The number of carbonyl (C=O) groups is 1. The van der Waals surface area contributed by atoms with Gasteiger partial charge in [-0.3, -0.25) is 4.79 Å². The Morgan fingerprint density at radius 1 is 1.10 bits per heavy atom. The van der Waals surface area contributed by atoms with Crippen LogP contribution in [-0.4, -0.2) is 17.9 Å². The summed E-state index contributed by atoms with van der Waals surface area (Å²) >= 11 is 6.24. The van der Waals surface area contributed by atoms with Crippen molar-refractivity contribution in [1.82, 2.24) is 4.90 Å². The quantitative estimate of drug-likeness (QED) is 0.770. The number of amides is 1. The Hall–Kier alpha value is -1.87. The molecular weight excluding hydrogens is 289 g/mol. The first-order chi connectivity index (χ1) is 10.0. The number of likely N-dealkylation sites (N-methyl/N-ethyl adjacent to an activating group) is 1. The molecule has 2 unspecified atom stereocenters. The van der Waals surface area contributed by atoms with Crippen molar-refractivity contribution in [2.24, 2.45) is 0 Å². The summed E-state index contributed by atoms with van der Waals surface area (Å²) in [5.41, 5.74) is 1.21. The Morgan fingerprint density at radius 3 is 2.29 bits per heavy atom. The maximum atomic E-state index is 13.8. The van der Waals surface area contributed by atoms with Crippen LogP contribution in [0.4, 0.5) is 4.39 Å². The predicted molar refractivity (Wildman–Crippen MR) is 82.6 cm³/mol. The molecule has 2 atom stereocenters. The molecule has 2 nitrogen and oxygen atoms in total. The highest BCUT2D eigenvalue weighted by atomic mass is 35.5. The first-order valence-electron chi connectivity index (χ1n) is 6.72. The van der Waals surface area contributed by atoms with E-state index in [1.54, 1.807) is 44.3 Å². The third-order valence-corrected chi connectivity index (χ3v) is 4.03. The number of carbonyl (C=O) groups excluding carboxylic acids is 1. The Labute approximate surface area is 129 Å². The van der Waals surface area contributed by atoms with Crippen molar-refractivity contribution in [3.05, 3.63) is 71.5 Å². The molecule has 0 saturated carbocycles. The van der Waals surface area contributed by atoms with Crippen molar-refractivity contribution in [1.29, 1.82) is 0 Å². The first-order valence-corrected chi connectivity index (χ1v) is 7.16. The summed E-state index contributed by atoms with van der Waals surface area (Å²) in [4.78, 5) is 13.9. The summed E-state index contributed by atoms with van der Waals surface area (Å²) in [5.74, 6) is -0.575. The van der Waals surface area contributed by atoms with E-state index in [9.17, 15) is 9.18 Å². The number of nitrogens with zero attached hydrogens (tertiary/aromatic N) is 1. The SMILES string of the molecule is CC(c1ccccc1F)N(C)C(=O)C(Cl)c1ccccc1. The molecule has 0 N–H and O–H groups in total. The third kappa shape index (κ3) is 3.42. The summed E-state index contributed by atoms with van der Waals surface area (Å²) in [6.45, 7) is 1.78. The molecular formula is C17H17ClFNO. The third-order valence-electron chi connectivity index (χ3n) is 3.59. The van der Waals surface area contributed by atoms with Crippen molar-refractivity contribution in [2.75, 3.05) is 7.05 Å². The number of rotatable bonds is 4. The Kier molecular flexibility index (Phi) is 4.97. The fourth-order valence-corrected chi connectivity index (χ4v) is 2.46. The van der Waals surface area contributed by atoms with Crippen molar-refractivity contribution >= 4 is 17.5 Å². The van der Waals surface area contributed by atoms with Crippen LogP contribution < -0.4 is 0 Å². The van der Waals surface area contributed by atoms with E-state index in [0.717, 1.165) is 5.56 Å². The van der Waals surface area contributed by atoms with Gasteiger partial charge >= 0.3 is 0 Å². The van der Waals surface area contributed by atoms with Crippen molar-refractivity contribution in [3.8, 4) is 0 Å². The minimum atomic E-state index is -0.773. The maximum absolute atomic E-state index is 13.8. The molecule has 0 spiro atoms. The molecule has 0 aliphatic rings. The molecule has 0 radical (unpaired) electrons. The Bertz CT molecular complexity index is 617. The second-order valence-electron chi connectivity index (χ2n) is 4.92. The lowest BCUT2D eigenvalue weighted by molar-refractivity contribution is -0.131. The zero-order valence-corrected chi connectivity index (χ0v) is 12.7. The van der Waals surface area contributed by atoms with E-state index in [4.69, 9.17) is 11.6 Å². The van der Waals surface area contributed by atoms with Crippen LogP contribution in [-0.2, 0) is 4.79 Å². The smallest absolute Gasteiger partial charge is 0.245 e. The summed E-state index contributed by atoms with van der Waals surface area (Å²) < 4.78 is 13.8. The van der Waals surface area contributed by atoms with E-state index in [1.807, 2.05) is 18.2 Å². The normalized spacial score (nSPS) is 13.5. The van der Waals surface area contributed by atoms with E-state index in [2.05, 4.69) is 0 Å². The van der Waals surface area contributed by atoms with E-state index >= 15 is 0 Å². The van der Waals surface area contributed by atoms with Gasteiger partial charge in [0.25, 0.3) is 0 Å². The van der Waals surface area contributed by atoms with Gasteiger partial charge in [0.05, 0.1) is 6.04 Å². The highest BCUT2D eigenvalue weighted by Crippen LogP contribution is 2.28. The molecule has 21 heavy (non-hydrogen) atoms. The van der Waals surface area contributed by atoms with Crippen LogP contribution in [0, 0.1) is 5.82 Å². The summed E-state index contributed by atoms with van der Waals surface area (Å²) in [7, 11) is 1.64. The lowest BCUT2D eigenvalue weighted by Gasteiger charge is -2.27. The predicted octanol–water partition coefficient (Wildman–Crippen LogP) is 4.33. The Morgan fingerprint density at radius 2 is 1.67 bits per heavy atom. The fourth-order valence-electron chi connectivity index (χ4n) is 2.16. The molecule has 2 aromatic rings. The van der Waals surface area contributed by atoms with Crippen molar-refractivity contribution in [2.45, 2.75) is 18.3 Å². The van der Waals surface area contributed by atoms with Crippen LogP contribution in [0.3, 0.4) is 0 Å². The highest BCUT2D eigenvalue weighted by molar-refractivity contribution is 6.30. The van der Waals surface area contributed by atoms with Crippen LogP contribution in [0.5, 0.6) is 0 Å². The molecule has 0 fully saturated rings. The first kappa shape index (κ1) is 15.5. The molecule has 0 heterocycles. The van der Waals surface area contributed by atoms with Gasteiger partial charge in [-0.2, -0.15) is 0 Å². The molecule has 2 rings (SSSR count). The minimum absolute atomic E-state index is 0.251. The van der Waals surface area contributed by atoms with Gasteiger partial charge in [-0.25, -0.2) is 4.39 Å². The van der Waals surface area contributed by atoms with Gasteiger partial charge in [0.15, 0.2) is 0 Å². The van der Waals surface area contributed by atoms with Gasteiger partial charge in [-0.15, -0.1) is 11.6 Å². The number of alkyl halides is 1. The molecule has 1 amide bonds. The van der Waals surface area contributed by atoms with Gasteiger partial charge in [0, 0.05) is 12.6 Å². The average molecular weight is 306 g/mol. The zero-order chi connectivity index (χ0) is 15.4. The van der Waals surface area contributed by atoms with Gasteiger partial charge in [-0.05, 0) is 18.6 Å². The summed E-state index contributed by atoms with van der Waals surface area (Å²) in [6, 6.07) is 15.2. The average Bonchev–Trinajstić information content (AvgIpc) is 2.53. The molecule has 4 heteroatoms. The second kappa shape index (κ2) is 6.72. The minimum Gasteiger partial charge on any atom is -0.337 e. The monoisotopic (exact) mass is 305 g/mol. The Balaban J connectivity index is 2.18. The van der Waals surface area contributed by atoms with Gasteiger partial charge < -0.3 is 4.90 Å². The second-order valence-corrected chi connectivity index (χ2v) is 5.36. The highest BCUT2D eigenvalue weighted by Gasteiger charge is 2.26. The van der Waals surface area contributed by atoms with Gasteiger partial charge in [-0.1, -0.05) is 48.5 Å². The lowest BCUT2D eigenvalue weighted by atomic mass is 10.1. The van der Waals surface area contributed by atoms with Crippen molar-refractivity contribution in [3.63, 3.8) is 0 Å². The molecule has 2 aromatic carbocycles. The molecule has 0 saturated heterocycles. The molecule has 0 aliphatic carbocycles. The molecule has 0 aromatic heterocycles. The summed E-state index contributed by atoms with van der Waals surface area (Å²) in [6.07, 6.45) is 0. The zero-order valence-electron chi connectivity index (χ0n) is 12.0. The van der Waals surface area contributed by atoms with Crippen molar-refractivity contribution < 1.29 is 9.18 Å². The van der Waals surface area contributed by atoms with Gasteiger partial charge in [0.2, 0.25) is 5.91 Å². The molecule has 0 bridgehead atoms. The van der Waals surface area contributed by atoms with E-state index in [1.165, 1.54) is 11.0 Å².